The molecule has 6 rings (SSSR count). The molecule has 5 nitrogen and oxygen atoms in total. The fraction of sp³-hybridized carbons (Fsp3) is 0.591. The van der Waals surface area contributed by atoms with Crippen LogP contribution in [-0.4, -0.2) is 24.3 Å². The number of carbonyl (C=O) groups excluding carboxylic acids is 3. The summed E-state index contributed by atoms with van der Waals surface area (Å²) in [6.45, 7) is 0.778. The summed E-state index contributed by atoms with van der Waals surface area (Å²) in [6.07, 6.45) is 8.58. The average Bonchev–Trinajstić information content (AvgIpc) is 2.97. The molecule has 0 radical (unpaired) electrons. The molecular formula is C22H26N2O3. The molecule has 0 unspecified atom stereocenters. The van der Waals surface area contributed by atoms with Crippen LogP contribution in [0.1, 0.15) is 61.7 Å². The maximum Gasteiger partial charge on any atom is 0.251 e. The zero-order valence-corrected chi connectivity index (χ0v) is 15.6. The Kier molecular flexibility index (Phi) is 3.88. The number of hydrogen-bond acceptors (Lipinski definition) is 3. The lowest BCUT2D eigenvalue weighted by molar-refractivity contribution is -0.121. The van der Waals surface area contributed by atoms with E-state index in [9.17, 15) is 14.4 Å². The van der Waals surface area contributed by atoms with Crippen LogP contribution >= 0.6 is 0 Å². The van der Waals surface area contributed by atoms with Gasteiger partial charge in [-0.2, -0.15) is 0 Å². The first-order valence-corrected chi connectivity index (χ1v) is 10.3. The Hall–Kier alpha value is -2.17. The molecule has 0 aromatic heterocycles. The van der Waals surface area contributed by atoms with Crippen molar-refractivity contribution in [1.82, 2.24) is 5.32 Å². The van der Waals surface area contributed by atoms with E-state index in [4.69, 9.17) is 0 Å². The minimum Gasteiger partial charge on any atom is -0.351 e. The zero-order valence-electron chi connectivity index (χ0n) is 15.6. The van der Waals surface area contributed by atoms with Gasteiger partial charge >= 0.3 is 0 Å². The van der Waals surface area contributed by atoms with Crippen molar-refractivity contribution >= 4 is 23.4 Å². The molecule has 1 N–H and O–H groups in total. The summed E-state index contributed by atoms with van der Waals surface area (Å²) in [5, 5.41) is 3.18. The zero-order chi connectivity index (χ0) is 18.6. The van der Waals surface area contributed by atoms with Gasteiger partial charge < -0.3 is 5.32 Å². The number of benzene rings is 1. The van der Waals surface area contributed by atoms with Crippen LogP contribution in [0.2, 0.25) is 0 Å². The largest absolute Gasteiger partial charge is 0.351 e. The van der Waals surface area contributed by atoms with Gasteiger partial charge in [0.25, 0.3) is 5.91 Å². The highest BCUT2D eigenvalue weighted by molar-refractivity contribution is 6.19. The molecule has 4 saturated carbocycles. The first-order chi connectivity index (χ1) is 13.0. The van der Waals surface area contributed by atoms with Gasteiger partial charge in [0.2, 0.25) is 11.8 Å². The van der Waals surface area contributed by atoms with E-state index in [1.54, 1.807) is 24.3 Å². The van der Waals surface area contributed by atoms with E-state index in [-0.39, 0.29) is 30.6 Å². The number of anilines is 1. The standard InChI is InChI=1S/C22H26N2O3/c25-19-5-6-20(26)24(19)18-3-1-17(2-4-18)21(27)23-13-22-10-14-7-15(11-22)9-16(8-14)12-22/h1-4,14-16H,5-13H2,(H,23,27). The number of hydrogen-bond donors (Lipinski definition) is 1. The maximum absolute atomic E-state index is 12.6. The van der Waals surface area contributed by atoms with Gasteiger partial charge in [-0.05, 0) is 86.0 Å². The van der Waals surface area contributed by atoms with Crippen LogP contribution in [0, 0.1) is 23.2 Å². The van der Waals surface area contributed by atoms with E-state index in [1.165, 1.54) is 43.4 Å². The van der Waals surface area contributed by atoms with E-state index in [0.717, 1.165) is 24.3 Å². The maximum atomic E-state index is 12.6. The van der Waals surface area contributed by atoms with Crippen LogP contribution in [-0.2, 0) is 9.59 Å². The van der Waals surface area contributed by atoms with Crippen LogP contribution in [0.25, 0.3) is 0 Å². The third-order valence-corrected chi connectivity index (χ3v) is 7.23. The molecule has 0 atom stereocenters. The molecule has 1 aromatic carbocycles. The molecular weight excluding hydrogens is 340 g/mol. The topological polar surface area (TPSA) is 66.5 Å². The first-order valence-electron chi connectivity index (χ1n) is 10.3. The lowest BCUT2D eigenvalue weighted by Crippen LogP contribution is -2.51. The summed E-state index contributed by atoms with van der Waals surface area (Å²) in [5.74, 6) is 2.24. The molecule has 4 aliphatic carbocycles. The van der Waals surface area contributed by atoms with Crippen LogP contribution < -0.4 is 10.2 Å². The molecule has 3 amide bonds. The number of imide groups is 1. The quantitative estimate of drug-likeness (QED) is 0.832. The van der Waals surface area contributed by atoms with Gasteiger partial charge in [0.1, 0.15) is 0 Å². The average molecular weight is 366 g/mol. The van der Waals surface area contributed by atoms with Crippen molar-refractivity contribution in [3.63, 3.8) is 0 Å². The minimum absolute atomic E-state index is 0.0589. The van der Waals surface area contributed by atoms with Gasteiger partial charge in [-0.1, -0.05) is 0 Å². The predicted octanol–water partition coefficient (Wildman–Crippen LogP) is 3.29. The Morgan fingerprint density at radius 3 is 1.96 bits per heavy atom. The molecule has 1 aliphatic heterocycles. The van der Waals surface area contributed by atoms with E-state index in [0.29, 0.717) is 16.7 Å². The van der Waals surface area contributed by atoms with E-state index in [1.807, 2.05) is 0 Å². The highest BCUT2D eigenvalue weighted by Crippen LogP contribution is 2.59. The molecule has 1 aromatic rings. The normalized spacial score (nSPS) is 34.4. The number of rotatable bonds is 4. The second-order valence-corrected chi connectivity index (χ2v) is 9.27. The number of nitrogens with zero attached hydrogens (tertiary/aromatic N) is 1. The van der Waals surface area contributed by atoms with Gasteiger partial charge in [-0.3, -0.25) is 19.3 Å². The van der Waals surface area contributed by atoms with Crippen LogP contribution in [0.3, 0.4) is 0 Å². The molecule has 1 heterocycles. The summed E-state index contributed by atoms with van der Waals surface area (Å²) in [7, 11) is 0. The van der Waals surface area contributed by atoms with Gasteiger partial charge in [-0.25, -0.2) is 0 Å². The highest BCUT2D eigenvalue weighted by atomic mass is 16.2. The van der Waals surface area contributed by atoms with Crippen molar-refractivity contribution in [2.24, 2.45) is 23.2 Å². The van der Waals surface area contributed by atoms with Crippen molar-refractivity contribution in [3.8, 4) is 0 Å². The number of carbonyl (C=O) groups is 3. The first kappa shape index (κ1) is 17.0. The Labute approximate surface area is 159 Å². The van der Waals surface area contributed by atoms with Crippen molar-refractivity contribution in [2.45, 2.75) is 51.4 Å². The van der Waals surface area contributed by atoms with Crippen molar-refractivity contribution < 1.29 is 14.4 Å². The predicted molar refractivity (Wildman–Crippen MR) is 101 cm³/mol. The Balaban J connectivity index is 1.24. The molecule has 27 heavy (non-hydrogen) atoms. The van der Waals surface area contributed by atoms with E-state index in [2.05, 4.69) is 5.32 Å². The fourth-order valence-corrected chi connectivity index (χ4v) is 6.50. The molecule has 4 bridgehead atoms. The molecule has 5 aliphatic rings. The Morgan fingerprint density at radius 2 is 1.44 bits per heavy atom. The smallest absolute Gasteiger partial charge is 0.251 e. The lowest BCUT2D eigenvalue weighted by atomic mass is 9.49. The Bertz CT molecular complexity index is 747. The van der Waals surface area contributed by atoms with Crippen LogP contribution in [0.15, 0.2) is 24.3 Å². The summed E-state index contributed by atoms with van der Waals surface area (Å²) in [4.78, 5) is 37.5. The van der Waals surface area contributed by atoms with Crippen molar-refractivity contribution in [2.75, 3.05) is 11.4 Å². The van der Waals surface area contributed by atoms with Crippen molar-refractivity contribution in [1.29, 1.82) is 0 Å². The lowest BCUT2D eigenvalue weighted by Gasteiger charge is -2.56. The second-order valence-electron chi connectivity index (χ2n) is 9.27. The molecule has 5 heteroatoms. The Morgan fingerprint density at radius 1 is 0.926 bits per heavy atom. The van der Waals surface area contributed by atoms with Crippen LogP contribution in [0.5, 0.6) is 0 Å². The molecule has 142 valence electrons. The van der Waals surface area contributed by atoms with Crippen LogP contribution in [0.4, 0.5) is 5.69 Å². The molecule has 5 fully saturated rings. The summed E-state index contributed by atoms with van der Waals surface area (Å²) < 4.78 is 0. The molecule has 1 saturated heterocycles. The summed E-state index contributed by atoms with van der Waals surface area (Å²) in [6, 6.07) is 6.81. The SMILES string of the molecule is O=C(NCC12CC3CC(CC(C3)C1)C2)c1ccc(N2C(=O)CCC2=O)cc1. The van der Waals surface area contributed by atoms with Crippen molar-refractivity contribution in [3.05, 3.63) is 29.8 Å². The van der Waals surface area contributed by atoms with E-state index >= 15 is 0 Å². The minimum atomic E-state index is -0.168. The third-order valence-electron chi connectivity index (χ3n) is 7.23. The van der Waals surface area contributed by atoms with Gasteiger partial charge in [-0.15, -0.1) is 0 Å². The summed E-state index contributed by atoms with van der Waals surface area (Å²) in [5.41, 5.74) is 1.46. The van der Waals surface area contributed by atoms with Gasteiger partial charge in [0, 0.05) is 24.9 Å². The third kappa shape index (κ3) is 2.97. The monoisotopic (exact) mass is 366 g/mol. The number of amides is 3. The molecule has 0 spiro atoms. The van der Waals surface area contributed by atoms with E-state index < -0.39 is 0 Å². The number of nitrogens with one attached hydrogen (secondary N) is 1. The summed E-state index contributed by atoms with van der Waals surface area (Å²) >= 11 is 0. The second kappa shape index (κ2) is 6.18. The highest BCUT2D eigenvalue weighted by Gasteiger charge is 2.50. The fourth-order valence-electron chi connectivity index (χ4n) is 6.50. The van der Waals surface area contributed by atoms with Gasteiger partial charge in [0.15, 0.2) is 0 Å². The van der Waals surface area contributed by atoms with Gasteiger partial charge in [0.05, 0.1) is 5.69 Å².